The number of carbonyl (C=O) groups excluding carboxylic acids is 3. The number of rotatable bonds is 7. The summed E-state index contributed by atoms with van der Waals surface area (Å²) >= 11 is 4.26. The smallest absolute Gasteiger partial charge is 0.343 e. The van der Waals surface area contributed by atoms with Gasteiger partial charge < -0.3 is 9.47 Å². The molecule has 0 aliphatic carbocycles. The molecule has 0 atom stereocenters. The number of halogens is 1. The summed E-state index contributed by atoms with van der Waals surface area (Å²) in [6.45, 7) is 6.17. The van der Waals surface area contributed by atoms with E-state index in [0.29, 0.717) is 11.1 Å². The lowest BCUT2D eigenvalue weighted by molar-refractivity contribution is -0.123. The molecule has 8 heteroatoms. The Labute approximate surface area is 222 Å². The molecule has 0 radical (unpaired) electrons. The number of esters is 1. The third-order valence-corrected chi connectivity index (χ3v) is 6.94. The molecule has 6 nitrogen and oxygen atoms in total. The zero-order valence-corrected chi connectivity index (χ0v) is 22.4. The minimum Gasteiger partial charge on any atom is -0.491 e. The fourth-order valence-electron chi connectivity index (χ4n) is 3.52. The van der Waals surface area contributed by atoms with E-state index in [4.69, 9.17) is 9.47 Å². The van der Waals surface area contributed by atoms with Gasteiger partial charge in [-0.2, -0.15) is 0 Å². The van der Waals surface area contributed by atoms with Gasteiger partial charge in [-0.25, -0.2) is 4.79 Å². The van der Waals surface area contributed by atoms with Crippen molar-refractivity contribution in [2.75, 3.05) is 13.2 Å². The maximum atomic E-state index is 13.0. The summed E-state index contributed by atoms with van der Waals surface area (Å²) in [6, 6.07) is 18.1. The third-order valence-electron chi connectivity index (χ3n) is 5.54. The van der Waals surface area contributed by atoms with E-state index in [1.54, 1.807) is 36.4 Å². The third kappa shape index (κ3) is 6.06. The first-order chi connectivity index (χ1) is 17.2. The van der Waals surface area contributed by atoms with Crippen LogP contribution in [0, 0.1) is 20.8 Å². The van der Waals surface area contributed by atoms with Crippen LogP contribution in [0.2, 0.25) is 0 Å². The maximum Gasteiger partial charge on any atom is 0.343 e. The number of imide groups is 1. The molecule has 0 unspecified atom stereocenters. The van der Waals surface area contributed by atoms with E-state index < -0.39 is 11.9 Å². The summed E-state index contributed by atoms with van der Waals surface area (Å²) < 4.78 is 12.2. The molecule has 4 rings (SSSR count). The van der Waals surface area contributed by atoms with Crippen LogP contribution < -0.4 is 9.47 Å². The van der Waals surface area contributed by atoms with Crippen molar-refractivity contribution >= 4 is 50.9 Å². The Morgan fingerprint density at radius 2 is 1.67 bits per heavy atom. The average Bonchev–Trinajstić information content (AvgIpc) is 3.10. The molecule has 0 saturated carbocycles. The van der Waals surface area contributed by atoms with Crippen molar-refractivity contribution < 1.29 is 23.9 Å². The molecule has 0 N–H and O–H groups in total. The molecule has 1 aliphatic heterocycles. The standard InChI is InChI=1S/C28H24BrNO5S/c1-17-5-8-20(9-6-17)27(32)35-23-11-10-22(29)15-21(23)16-25-26(31)30(28(33)36-25)12-13-34-24-14-18(2)4-7-19(24)3/h4-11,14-16H,12-13H2,1-3H3/b25-16-. The van der Waals surface area contributed by atoms with Crippen molar-refractivity contribution in [1.29, 1.82) is 0 Å². The summed E-state index contributed by atoms with van der Waals surface area (Å²) in [4.78, 5) is 39.6. The molecule has 0 bridgehead atoms. The van der Waals surface area contributed by atoms with Gasteiger partial charge in [0.1, 0.15) is 18.1 Å². The van der Waals surface area contributed by atoms with Crippen LogP contribution in [-0.4, -0.2) is 35.2 Å². The van der Waals surface area contributed by atoms with Gasteiger partial charge >= 0.3 is 5.97 Å². The average molecular weight is 566 g/mol. The molecule has 1 heterocycles. The van der Waals surface area contributed by atoms with Crippen molar-refractivity contribution in [2.45, 2.75) is 20.8 Å². The van der Waals surface area contributed by atoms with Crippen molar-refractivity contribution in [3.05, 3.63) is 97.9 Å². The van der Waals surface area contributed by atoms with E-state index in [1.807, 2.05) is 51.1 Å². The van der Waals surface area contributed by atoms with Crippen molar-refractivity contribution in [3.8, 4) is 11.5 Å². The minimum atomic E-state index is -0.510. The van der Waals surface area contributed by atoms with Gasteiger partial charge in [0.25, 0.3) is 11.1 Å². The Kier molecular flexibility index (Phi) is 7.96. The highest BCUT2D eigenvalue weighted by Crippen LogP contribution is 2.35. The van der Waals surface area contributed by atoms with E-state index in [9.17, 15) is 14.4 Å². The highest BCUT2D eigenvalue weighted by atomic mass is 79.9. The number of hydrogen-bond donors (Lipinski definition) is 0. The number of aryl methyl sites for hydroxylation is 3. The summed E-state index contributed by atoms with van der Waals surface area (Å²) in [5.41, 5.74) is 4.00. The number of hydrogen-bond acceptors (Lipinski definition) is 6. The lowest BCUT2D eigenvalue weighted by Crippen LogP contribution is -2.32. The first-order valence-corrected chi connectivity index (χ1v) is 12.9. The molecular formula is C28H24BrNO5S. The molecule has 1 saturated heterocycles. The zero-order chi connectivity index (χ0) is 25.8. The number of ether oxygens (including phenoxy) is 2. The lowest BCUT2D eigenvalue weighted by atomic mass is 10.1. The van der Waals surface area contributed by atoms with Crippen LogP contribution in [0.25, 0.3) is 6.08 Å². The van der Waals surface area contributed by atoms with Gasteiger partial charge in [0.2, 0.25) is 0 Å². The Morgan fingerprint density at radius 3 is 2.42 bits per heavy atom. The summed E-state index contributed by atoms with van der Waals surface area (Å²) in [5, 5.41) is -0.371. The lowest BCUT2D eigenvalue weighted by Gasteiger charge is -2.14. The second kappa shape index (κ2) is 11.1. The largest absolute Gasteiger partial charge is 0.491 e. The molecule has 3 aromatic carbocycles. The van der Waals surface area contributed by atoms with Gasteiger partial charge in [0.15, 0.2) is 0 Å². The first kappa shape index (κ1) is 25.7. The van der Waals surface area contributed by atoms with E-state index in [0.717, 1.165) is 43.6 Å². The van der Waals surface area contributed by atoms with Crippen LogP contribution in [0.3, 0.4) is 0 Å². The Hall–Kier alpha value is -3.36. The summed E-state index contributed by atoms with van der Waals surface area (Å²) in [5.74, 6) is 0.0922. The predicted molar refractivity (Wildman–Crippen MR) is 144 cm³/mol. The van der Waals surface area contributed by atoms with Crippen molar-refractivity contribution in [3.63, 3.8) is 0 Å². The van der Waals surface area contributed by atoms with Crippen LogP contribution in [0.4, 0.5) is 4.79 Å². The molecule has 2 amide bonds. The second-order valence-corrected chi connectivity index (χ2v) is 10.3. The molecule has 184 valence electrons. The van der Waals surface area contributed by atoms with Crippen LogP contribution in [0.5, 0.6) is 11.5 Å². The fourth-order valence-corrected chi connectivity index (χ4v) is 4.75. The molecule has 36 heavy (non-hydrogen) atoms. The van der Waals surface area contributed by atoms with Crippen molar-refractivity contribution in [2.24, 2.45) is 0 Å². The van der Waals surface area contributed by atoms with Gasteiger partial charge in [-0.3, -0.25) is 14.5 Å². The van der Waals surface area contributed by atoms with E-state index >= 15 is 0 Å². The number of nitrogens with zero attached hydrogens (tertiary/aromatic N) is 1. The molecule has 0 spiro atoms. The van der Waals surface area contributed by atoms with Gasteiger partial charge in [-0.15, -0.1) is 0 Å². The summed E-state index contributed by atoms with van der Waals surface area (Å²) in [7, 11) is 0. The van der Waals surface area contributed by atoms with Crippen LogP contribution >= 0.6 is 27.7 Å². The van der Waals surface area contributed by atoms with Crippen LogP contribution in [0.15, 0.2) is 70.0 Å². The number of thioether (sulfide) groups is 1. The molecular weight excluding hydrogens is 542 g/mol. The van der Waals surface area contributed by atoms with E-state index in [-0.39, 0.29) is 29.0 Å². The Balaban J connectivity index is 1.48. The first-order valence-electron chi connectivity index (χ1n) is 11.2. The number of amides is 2. The number of carbonyl (C=O) groups is 3. The fraction of sp³-hybridized carbons (Fsp3) is 0.179. The Morgan fingerprint density at radius 1 is 0.944 bits per heavy atom. The van der Waals surface area contributed by atoms with E-state index in [1.165, 1.54) is 0 Å². The Bertz CT molecular complexity index is 1370. The highest BCUT2D eigenvalue weighted by Gasteiger charge is 2.35. The van der Waals surface area contributed by atoms with Gasteiger partial charge in [0.05, 0.1) is 17.0 Å². The molecule has 0 aromatic heterocycles. The monoisotopic (exact) mass is 565 g/mol. The van der Waals surface area contributed by atoms with Crippen molar-refractivity contribution in [1.82, 2.24) is 4.90 Å². The predicted octanol–water partition coefficient (Wildman–Crippen LogP) is 6.71. The molecule has 3 aromatic rings. The van der Waals surface area contributed by atoms with Gasteiger partial charge in [-0.05, 0) is 86.1 Å². The highest BCUT2D eigenvalue weighted by molar-refractivity contribution is 9.10. The normalized spacial score (nSPS) is 14.4. The van der Waals surface area contributed by atoms with E-state index in [2.05, 4.69) is 15.9 Å². The van der Waals surface area contributed by atoms with Crippen LogP contribution in [0.1, 0.15) is 32.6 Å². The zero-order valence-electron chi connectivity index (χ0n) is 20.0. The van der Waals surface area contributed by atoms with Gasteiger partial charge in [0, 0.05) is 10.0 Å². The molecule has 1 aliphatic rings. The minimum absolute atomic E-state index is 0.128. The summed E-state index contributed by atoms with van der Waals surface area (Å²) in [6.07, 6.45) is 1.57. The maximum absolute atomic E-state index is 13.0. The molecule has 1 fully saturated rings. The number of benzene rings is 3. The van der Waals surface area contributed by atoms with Gasteiger partial charge in [-0.1, -0.05) is 45.8 Å². The SMILES string of the molecule is Cc1ccc(C(=O)Oc2ccc(Br)cc2/C=C2\SC(=O)N(CCOc3cc(C)ccc3C)C2=O)cc1. The second-order valence-electron chi connectivity index (χ2n) is 8.39. The quantitative estimate of drug-likeness (QED) is 0.180. The van der Waals surface area contributed by atoms with Crippen LogP contribution in [-0.2, 0) is 4.79 Å². The topological polar surface area (TPSA) is 72.9 Å².